The molecule has 0 spiro atoms. The number of phenols is 1. The van der Waals surface area contributed by atoms with E-state index in [-0.39, 0.29) is 11.7 Å². The number of aromatic hydroxyl groups is 1. The molecule has 5 N–H and O–H groups in total. The summed E-state index contributed by atoms with van der Waals surface area (Å²) in [6.07, 6.45) is 0. The van der Waals surface area contributed by atoms with Crippen LogP contribution in [0.2, 0.25) is 5.02 Å². The molecule has 0 aromatic heterocycles. The first-order valence-corrected chi connectivity index (χ1v) is 3.55. The summed E-state index contributed by atoms with van der Waals surface area (Å²) >= 11 is 5.70. The van der Waals surface area contributed by atoms with Crippen molar-refractivity contribution in [2.75, 3.05) is 0 Å². The van der Waals surface area contributed by atoms with Gasteiger partial charge in [0.1, 0.15) is 5.75 Å². The number of benzene rings is 1. The van der Waals surface area contributed by atoms with Gasteiger partial charge in [-0.1, -0.05) is 11.6 Å². The summed E-state index contributed by atoms with van der Waals surface area (Å²) in [7, 11) is 0. The summed E-state index contributed by atoms with van der Waals surface area (Å²) in [5.74, 6) is 0.0112. The van der Waals surface area contributed by atoms with Crippen LogP contribution in [0, 0.1) is 0 Å². The molecule has 0 unspecified atom stereocenters. The minimum absolute atomic E-state index is 0.0670. The first-order valence-electron chi connectivity index (χ1n) is 3.18. The largest absolute Gasteiger partial charge is 0.508 e. The third kappa shape index (κ3) is 2.03. The zero-order valence-corrected chi connectivity index (χ0v) is 6.92. The lowest BCUT2D eigenvalue weighted by molar-refractivity contribution is 0.475. The highest BCUT2D eigenvalue weighted by molar-refractivity contribution is 6.33. The number of hydrogen-bond donors (Lipinski definition) is 3. The van der Waals surface area contributed by atoms with E-state index < -0.39 is 0 Å². The molecule has 64 valence electrons. The number of hydrogen-bond acceptors (Lipinski definition) is 2. The molecule has 0 aliphatic rings. The van der Waals surface area contributed by atoms with E-state index in [1.807, 2.05) is 0 Å². The maximum absolute atomic E-state index is 8.98. The normalized spacial score (nSPS) is 9.42. The number of guanidine groups is 1. The van der Waals surface area contributed by atoms with E-state index in [9.17, 15) is 0 Å². The first-order chi connectivity index (χ1) is 5.59. The Balaban J connectivity index is 3.10. The van der Waals surface area contributed by atoms with E-state index in [0.29, 0.717) is 10.7 Å². The maximum Gasteiger partial charge on any atom is 0.191 e. The monoisotopic (exact) mass is 185 g/mol. The Morgan fingerprint density at radius 1 is 1.42 bits per heavy atom. The molecule has 0 aliphatic heterocycles. The van der Waals surface area contributed by atoms with Crippen molar-refractivity contribution >= 4 is 23.2 Å². The van der Waals surface area contributed by atoms with Crippen molar-refractivity contribution in [3.05, 3.63) is 23.2 Å². The Bertz CT molecular complexity index is 320. The number of halogens is 1. The van der Waals surface area contributed by atoms with Crippen molar-refractivity contribution < 1.29 is 5.11 Å². The molecule has 0 radical (unpaired) electrons. The molecule has 0 amide bonds. The molecule has 0 heterocycles. The van der Waals surface area contributed by atoms with Gasteiger partial charge in [-0.3, -0.25) is 0 Å². The molecule has 1 aromatic carbocycles. The fourth-order valence-electron chi connectivity index (χ4n) is 0.726. The zero-order chi connectivity index (χ0) is 9.14. The molecule has 0 fully saturated rings. The number of phenolic OH excluding ortho intramolecular Hbond substituents is 1. The SMILES string of the molecule is NC(N)=Nc1ccc(O)cc1Cl. The molecule has 0 atom stereocenters. The highest BCUT2D eigenvalue weighted by atomic mass is 35.5. The summed E-state index contributed by atoms with van der Waals surface area (Å²) in [4.78, 5) is 3.73. The molecular weight excluding hydrogens is 178 g/mol. The Hall–Kier alpha value is -1.42. The van der Waals surface area contributed by atoms with Crippen LogP contribution in [0.3, 0.4) is 0 Å². The second kappa shape index (κ2) is 3.32. The highest BCUT2D eigenvalue weighted by Gasteiger charge is 1.99. The lowest BCUT2D eigenvalue weighted by Gasteiger charge is -1.98. The van der Waals surface area contributed by atoms with E-state index in [1.54, 1.807) is 0 Å². The van der Waals surface area contributed by atoms with Crippen LogP contribution in [-0.2, 0) is 0 Å². The van der Waals surface area contributed by atoms with Gasteiger partial charge in [0.25, 0.3) is 0 Å². The fraction of sp³-hybridized carbons (Fsp3) is 0. The van der Waals surface area contributed by atoms with E-state index in [4.69, 9.17) is 28.2 Å². The second-order valence-corrected chi connectivity index (χ2v) is 2.58. The topological polar surface area (TPSA) is 84.6 Å². The Morgan fingerprint density at radius 3 is 2.58 bits per heavy atom. The third-order valence-electron chi connectivity index (χ3n) is 1.18. The summed E-state index contributed by atoms with van der Waals surface area (Å²) in [6.45, 7) is 0. The van der Waals surface area contributed by atoms with Crippen molar-refractivity contribution in [1.82, 2.24) is 0 Å². The van der Waals surface area contributed by atoms with Gasteiger partial charge in [0.15, 0.2) is 5.96 Å². The number of rotatable bonds is 1. The summed E-state index contributed by atoms with van der Waals surface area (Å²) in [5, 5.41) is 9.28. The van der Waals surface area contributed by atoms with Crippen LogP contribution in [-0.4, -0.2) is 11.1 Å². The third-order valence-corrected chi connectivity index (χ3v) is 1.48. The number of nitrogens with zero attached hydrogens (tertiary/aromatic N) is 1. The molecule has 1 aromatic rings. The van der Waals surface area contributed by atoms with Crippen molar-refractivity contribution in [1.29, 1.82) is 0 Å². The van der Waals surface area contributed by atoms with E-state index in [0.717, 1.165) is 0 Å². The Kier molecular flexibility index (Phi) is 2.40. The molecular formula is C7H8ClN3O. The average Bonchev–Trinajstić information content (AvgIpc) is 1.94. The lowest BCUT2D eigenvalue weighted by Crippen LogP contribution is -2.21. The Labute approximate surface area is 74.5 Å². The van der Waals surface area contributed by atoms with E-state index in [2.05, 4.69) is 4.99 Å². The van der Waals surface area contributed by atoms with Crippen molar-refractivity contribution in [3.8, 4) is 5.75 Å². The van der Waals surface area contributed by atoms with E-state index in [1.165, 1.54) is 18.2 Å². The molecule has 1 rings (SSSR count). The van der Waals surface area contributed by atoms with Gasteiger partial charge in [-0.25, -0.2) is 4.99 Å². The molecule has 0 saturated heterocycles. The smallest absolute Gasteiger partial charge is 0.191 e. The molecule has 0 aliphatic carbocycles. The molecule has 5 heteroatoms. The minimum Gasteiger partial charge on any atom is -0.508 e. The van der Waals surface area contributed by atoms with Gasteiger partial charge < -0.3 is 16.6 Å². The van der Waals surface area contributed by atoms with Gasteiger partial charge in [0, 0.05) is 6.07 Å². The predicted octanol–water partition coefficient (Wildman–Crippen LogP) is 0.950. The Morgan fingerprint density at radius 2 is 2.08 bits per heavy atom. The van der Waals surface area contributed by atoms with Crippen LogP contribution < -0.4 is 11.5 Å². The minimum atomic E-state index is -0.0670. The highest BCUT2D eigenvalue weighted by Crippen LogP contribution is 2.27. The fourth-order valence-corrected chi connectivity index (χ4v) is 0.943. The van der Waals surface area contributed by atoms with Crippen LogP contribution in [0.5, 0.6) is 5.75 Å². The summed E-state index contributed by atoms with van der Waals surface area (Å²) in [5.41, 5.74) is 10.7. The van der Waals surface area contributed by atoms with Crippen molar-refractivity contribution in [2.45, 2.75) is 0 Å². The van der Waals surface area contributed by atoms with Gasteiger partial charge in [0.2, 0.25) is 0 Å². The average molecular weight is 186 g/mol. The van der Waals surface area contributed by atoms with Gasteiger partial charge >= 0.3 is 0 Å². The lowest BCUT2D eigenvalue weighted by atomic mass is 10.3. The van der Waals surface area contributed by atoms with E-state index >= 15 is 0 Å². The molecule has 0 bridgehead atoms. The zero-order valence-electron chi connectivity index (χ0n) is 6.16. The quantitative estimate of drug-likeness (QED) is 0.450. The first kappa shape index (κ1) is 8.67. The van der Waals surface area contributed by atoms with Crippen LogP contribution >= 0.6 is 11.6 Å². The predicted molar refractivity (Wildman–Crippen MR) is 48.6 cm³/mol. The molecule has 12 heavy (non-hydrogen) atoms. The summed E-state index contributed by atoms with van der Waals surface area (Å²) < 4.78 is 0. The second-order valence-electron chi connectivity index (χ2n) is 2.17. The van der Waals surface area contributed by atoms with Gasteiger partial charge in [-0.05, 0) is 12.1 Å². The van der Waals surface area contributed by atoms with Crippen LogP contribution in [0.4, 0.5) is 5.69 Å². The van der Waals surface area contributed by atoms with Crippen molar-refractivity contribution in [3.63, 3.8) is 0 Å². The van der Waals surface area contributed by atoms with Gasteiger partial charge in [0.05, 0.1) is 10.7 Å². The van der Waals surface area contributed by atoms with Crippen LogP contribution in [0.15, 0.2) is 23.2 Å². The van der Waals surface area contributed by atoms with Crippen LogP contribution in [0.25, 0.3) is 0 Å². The van der Waals surface area contributed by atoms with Gasteiger partial charge in [-0.15, -0.1) is 0 Å². The summed E-state index contributed by atoms with van der Waals surface area (Å²) in [6, 6.07) is 4.34. The molecule has 4 nitrogen and oxygen atoms in total. The van der Waals surface area contributed by atoms with Gasteiger partial charge in [-0.2, -0.15) is 0 Å². The standard InChI is InChI=1S/C7H8ClN3O/c8-5-3-4(12)1-2-6(5)11-7(9)10/h1-3,12H,(H4,9,10,11). The van der Waals surface area contributed by atoms with Crippen LogP contribution in [0.1, 0.15) is 0 Å². The molecule has 0 saturated carbocycles. The number of aliphatic imine (C=N–C) groups is 1. The number of nitrogens with two attached hydrogens (primary N) is 2. The maximum atomic E-state index is 8.98. The van der Waals surface area contributed by atoms with Crippen molar-refractivity contribution in [2.24, 2.45) is 16.5 Å².